The van der Waals surface area contributed by atoms with E-state index in [1.165, 1.54) is 25.7 Å². The zero-order valence-corrected chi connectivity index (χ0v) is 14.3. The molecule has 0 spiro atoms. The molecule has 4 nitrogen and oxygen atoms in total. The largest absolute Gasteiger partial charge is 0.352 e. The van der Waals surface area contributed by atoms with Gasteiger partial charge in [0.25, 0.3) is 0 Å². The topological polar surface area (TPSA) is 49.4 Å². The number of hydrogen-bond acceptors (Lipinski definition) is 3. The number of amides is 2. The standard InChI is InChI=1S/C17H26N2O2S/c1-10(13-8-11-3-4-12(13)7-11)18-16(21)14-9-22-17(2)6-5-15(20)19(14)17/h10-14H,3-9H2,1-2H3,(H,18,21)/t10-,11-,12-,13+,14-,17+/m1/s1. The second kappa shape index (κ2) is 5.15. The highest BCUT2D eigenvalue weighted by molar-refractivity contribution is 8.01. The van der Waals surface area contributed by atoms with E-state index < -0.39 is 0 Å². The second-order valence-electron chi connectivity index (χ2n) is 7.90. The monoisotopic (exact) mass is 322 g/mol. The first-order valence-corrected chi connectivity index (χ1v) is 9.73. The highest BCUT2D eigenvalue weighted by Gasteiger charge is 2.53. The molecule has 4 rings (SSSR count). The van der Waals surface area contributed by atoms with Crippen LogP contribution < -0.4 is 5.32 Å². The number of nitrogens with zero attached hydrogens (tertiary/aromatic N) is 1. The molecular formula is C17H26N2O2S. The fourth-order valence-electron chi connectivity index (χ4n) is 5.35. The normalized spacial score (nSPS) is 44.5. The van der Waals surface area contributed by atoms with E-state index in [0.717, 1.165) is 24.0 Å². The molecule has 0 aromatic heterocycles. The van der Waals surface area contributed by atoms with Crippen molar-refractivity contribution >= 4 is 23.6 Å². The maximum Gasteiger partial charge on any atom is 0.243 e. The van der Waals surface area contributed by atoms with Crippen LogP contribution in [0, 0.1) is 17.8 Å². The van der Waals surface area contributed by atoms with Gasteiger partial charge >= 0.3 is 0 Å². The summed E-state index contributed by atoms with van der Waals surface area (Å²) in [6, 6.07) is -0.0107. The van der Waals surface area contributed by atoms with Gasteiger partial charge in [-0.25, -0.2) is 0 Å². The molecule has 2 saturated carbocycles. The quantitative estimate of drug-likeness (QED) is 0.868. The number of carbonyl (C=O) groups excluding carboxylic acids is 2. The van der Waals surface area contributed by atoms with Crippen LogP contribution in [-0.4, -0.2) is 39.4 Å². The van der Waals surface area contributed by atoms with E-state index in [0.29, 0.717) is 12.3 Å². The smallest absolute Gasteiger partial charge is 0.243 e. The highest BCUT2D eigenvalue weighted by Crippen LogP contribution is 2.50. The Morgan fingerprint density at radius 2 is 2.23 bits per heavy atom. The van der Waals surface area contributed by atoms with Crippen LogP contribution >= 0.6 is 11.8 Å². The minimum atomic E-state index is -0.258. The Hall–Kier alpha value is -0.710. The number of carbonyl (C=O) groups is 2. The van der Waals surface area contributed by atoms with Crippen LogP contribution in [0.4, 0.5) is 0 Å². The van der Waals surface area contributed by atoms with E-state index in [1.807, 2.05) is 4.90 Å². The lowest BCUT2D eigenvalue weighted by Crippen LogP contribution is -2.53. The summed E-state index contributed by atoms with van der Waals surface area (Å²) in [5.74, 6) is 3.34. The highest BCUT2D eigenvalue weighted by atomic mass is 32.2. The summed E-state index contributed by atoms with van der Waals surface area (Å²) in [5, 5.41) is 3.25. The molecule has 122 valence electrons. The van der Waals surface area contributed by atoms with Gasteiger partial charge in [-0.1, -0.05) is 6.42 Å². The number of rotatable bonds is 3. The van der Waals surface area contributed by atoms with Crippen molar-refractivity contribution in [3.63, 3.8) is 0 Å². The Morgan fingerprint density at radius 1 is 1.41 bits per heavy atom. The molecule has 2 aliphatic heterocycles. The maximum atomic E-state index is 12.7. The summed E-state index contributed by atoms with van der Waals surface area (Å²) in [4.78, 5) is 26.6. The van der Waals surface area contributed by atoms with Crippen molar-refractivity contribution < 1.29 is 9.59 Å². The molecule has 0 radical (unpaired) electrons. The molecule has 4 aliphatic rings. The first-order chi connectivity index (χ1) is 10.5. The molecule has 5 heteroatoms. The third-order valence-corrected chi connectivity index (χ3v) is 8.06. The van der Waals surface area contributed by atoms with Gasteiger partial charge in [-0.05, 0) is 57.3 Å². The van der Waals surface area contributed by atoms with Crippen LogP contribution in [0.25, 0.3) is 0 Å². The fraction of sp³-hybridized carbons (Fsp3) is 0.882. The van der Waals surface area contributed by atoms with Gasteiger partial charge in [-0.15, -0.1) is 11.8 Å². The minimum absolute atomic E-state index is 0.0711. The Kier molecular flexibility index (Phi) is 3.48. The van der Waals surface area contributed by atoms with Crippen molar-refractivity contribution in [1.82, 2.24) is 10.2 Å². The van der Waals surface area contributed by atoms with Crippen molar-refractivity contribution in [2.45, 2.75) is 69.3 Å². The first kappa shape index (κ1) is 14.9. The van der Waals surface area contributed by atoms with Crippen molar-refractivity contribution in [3.8, 4) is 0 Å². The Morgan fingerprint density at radius 3 is 2.91 bits per heavy atom. The Balaban J connectivity index is 1.41. The van der Waals surface area contributed by atoms with Gasteiger partial charge in [0, 0.05) is 18.2 Å². The van der Waals surface area contributed by atoms with Crippen LogP contribution in [0.15, 0.2) is 0 Å². The molecule has 6 atom stereocenters. The predicted molar refractivity (Wildman–Crippen MR) is 87.3 cm³/mol. The summed E-state index contributed by atoms with van der Waals surface area (Å²) in [5.41, 5.74) is 0. The molecule has 2 saturated heterocycles. The average Bonchev–Trinajstić information content (AvgIpc) is 3.21. The van der Waals surface area contributed by atoms with E-state index in [-0.39, 0.29) is 28.8 Å². The van der Waals surface area contributed by atoms with Gasteiger partial charge in [-0.2, -0.15) is 0 Å². The summed E-state index contributed by atoms with van der Waals surface area (Å²) in [6.07, 6.45) is 6.86. The van der Waals surface area contributed by atoms with Crippen molar-refractivity contribution in [2.24, 2.45) is 17.8 Å². The predicted octanol–water partition coefficient (Wildman–Crippen LogP) is 2.38. The van der Waals surface area contributed by atoms with Gasteiger partial charge in [0.05, 0.1) is 4.87 Å². The lowest BCUT2D eigenvalue weighted by atomic mass is 9.84. The van der Waals surface area contributed by atoms with E-state index in [2.05, 4.69) is 19.2 Å². The Labute approximate surface area is 136 Å². The SMILES string of the molecule is C[C@@H](NC(=O)[C@H]1CS[C@@]2(C)CCC(=O)N12)[C@@H]1C[C@@H]2CC[C@@H]1C2. The first-order valence-electron chi connectivity index (χ1n) is 8.74. The summed E-state index contributed by atoms with van der Waals surface area (Å²) < 4.78 is 0. The van der Waals surface area contributed by atoms with Gasteiger partial charge in [-0.3, -0.25) is 9.59 Å². The average molecular weight is 322 g/mol. The lowest BCUT2D eigenvalue weighted by molar-refractivity contribution is -0.138. The molecule has 2 heterocycles. The number of nitrogens with one attached hydrogen (secondary N) is 1. The van der Waals surface area contributed by atoms with Gasteiger partial charge in [0.2, 0.25) is 11.8 Å². The molecule has 2 aliphatic carbocycles. The molecule has 0 unspecified atom stereocenters. The fourth-order valence-corrected chi connectivity index (χ4v) is 6.78. The van der Waals surface area contributed by atoms with Crippen molar-refractivity contribution in [1.29, 1.82) is 0 Å². The lowest BCUT2D eigenvalue weighted by Gasteiger charge is -2.32. The van der Waals surface area contributed by atoms with Gasteiger partial charge < -0.3 is 10.2 Å². The summed E-state index contributed by atoms with van der Waals surface area (Å²) in [6.45, 7) is 4.27. The molecule has 22 heavy (non-hydrogen) atoms. The second-order valence-corrected chi connectivity index (χ2v) is 9.40. The van der Waals surface area contributed by atoms with Crippen LogP contribution in [0.3, 0.4) is 0 Å². The zero-order chi connectivity index (χ0) is 15.5. The van der Waals surface area contributed by atoms with E-state index in [1.54, 1.807) is 11.8 Å². The number of hydrogen-bond donors (Lipinski definition) is 1. The van der Waals surface area contributed by atoms with E-state index in [4.69, 9.17) is 0 Å². The zero-order valence-electron chi connectivity index (χ0n) is 13.5. The molecule has 2 bridgehead atoms. The molecule has 0 aromatic rings. The van der Waals surface area contributed by atoms with Gasteiger partial charge in [0.1, 0.15) is 6.04 Å². The van der Waals surface area contributed by atoms with Crippen LogP contribution in [0.2, 0.25) is 0 Å². The third kappa shape index (κ3) is 2.19. The van der Waals surface area contributed by atoms with Crippen molar-refractivity contribution in [2.75, 3.05) is 5.75 Å². The van der Waals surface area contributed by atoms with Gasteiger partial charge in [0.15, 0.2) is 0 Å². The number of thioether (sulfide) groups is 1. The summed E-state index contributed by atoms with van der Waals surface area (Å²) >= 11 is 1.77. The van der Waals surface area contributed by atoms with Crippen LogP contribution in [-0.2, 0) is 9.59 Å². The van der Waals surface area contributed by atoms with Crippen LogP contribution in [0.5, 0.6) is 0 Å². The Bertz CT molecular complexity index is 511. The number of fused-ring (bicyclic) bond motifs is 3. The van der Waals surface area contributed by atoms with E-state index >= 15 is 0 Å². The molecule has 4 fully saturated rings. The van der Waals surface area contributed by atoms with Crippen LogP contribution in [0.1, 0.15) is 52.4 Å². The summed E-state index contributed by atoms with van der Waals surface area (Å²) in [7, 11) is 0. The minimum Gasteiger partial charge on any atom is -0.352 e. The molecule has 1 N–H and O–H groups in total. The third-order valence-electron chi connectivity index (χ3n) is 6.55. The molecular weight excluding hydrogens is 296 g/mol. The van der Waals surface area contributed by atoms with Crippen molar-refractivity contribution in [3.05, 3.63) is 0 Å². The maximum absolute atomic E-state index is 12.7. The molecule has 0 aromatic carbocycles. The molecule has 2 amide bonds. The van der Waals surface area contributed by atoms with E-state index in [9.17, 15) is 9.59 Å².